The second kappa shape index (κ2) is 9.25. The van der Waals surface area contributed by atoms with E-state index in [0.717, 1.165) is 37.5 Å². The number of aromatic amines is 1. The molecule has 2 bridgehead atoms. The number of amides is 2. The zero-order chi connectivity index (χ0) is 22.6. The van der Waals surface area contributed by atoms with Gasteiger partial charge in [-0.15, -0.1) is 0 Å². The van der Waals surface area contributed by atoms with Gasteiger partial charge in [0, 0.05) is 36.7 Å². The maximum Gasteiger partial charge on any atom is 0.323 e. The fourth-order valence-corrected chi connectivity index (χ4v) is 4.17. The monoisotopic (exact) mass is 443 g/mol. The lowest BCUT2D eigenvalue weighted by Crippen LogP contribution is -2.46. The van der Waals surface area contributed by atoms with Crippen molar-refractivity contribution in [2.24, 2.45) is 4.99 Å². The first-order chi connectivity index (χ1) is 16.1. The summed E-state index contributed by atoms with van der Waals surface area (Å²) >= 11 is 0. The number of hydrogen-bond donors (Lipinski definition) is 4. The van der Waals surface area contributed by atoms with Crippen LogP contribution in [0.15, 0.2) is 72.1 Å². The van der Waals surface area contributed by atoms with Crippen LogP contribution in [0.25, 0.3) is 0 Å². The van der Waals surface area contributed by atoms with Crippen LogP contribution < -0.4 is 10.6 Å². The Morgan fingerprint density at radius 3 is 2.48 bits per heavy atom. The molecule has 4 N–H and O–H groups in total. The van der Waals surface area contributed by atoms with E-state index in [-0.39, 0.29) is 24.1 Å². The van der Waals surface area contributed by atoms with Crippen molar-refractivity contribution >= 4 is 29.1 Å². The van der Waals surface area contributed by atoms with Crippen molar-refractivity contribution in [1.82, 2.24) is 14.9 Å². The zero-order valence-corrected chi connectivity index (χ0v) is 18.0. The average molecular weight is 444 g/mol. The Balaban J connectivity index is 1.29. The molecule has 0 spiro atoms. The SMILES string of the molecule is N=C(N=C(c1ccc[nH]1)N1C[C@H]2CC[C@@H](C1)O2)c1ccc(NC(=O)Nc2cccnc2)cc1. The number of aliphatic imine (C=N–C) groups is 1. The fraction of sp³-hybridized carbons (Fsp3) is 0.250. The predicted molar refractivity (Wildman–Crippen MR) is 127 cm³/mol. The van der Waals surface area contributed by atoms with Crippen molar-refractivity contribution in [1.29, 1.82) is 5.41 Å². The summed E-state index contributed by atoms with van der Waals surface area (Å²) in [6, 6.07) is 14.1. The van der Waals surface area contributed by atoms with E-state index in [2.05, 4.69) is 30.5 Å². The summed E-state index contributed by atoms with van der Waals surface area (Å²) in [5.41, 5.74) is 2.77. The van der Waals surface area contributed by atoms with Crippen LogP contribution in [0.5, 0.6) is 0 Å². The number of benzene rings is 1. The van der Waals surface area contributed by atoms with E-state index in [4.69, 9.17) is 10.1 Å². The Bertz CT molecular complexity index is 1130. The van der Waals surface area contributed by atoms with Gasteiger partial charge in [0.05, 0.1) is 29.8 Å². The Morgan fingerprint density at radius 1 is 1.06 bits per heavy atom. The molecule has 2 saturated heterocycles. The summed E-state index contributed by atoms with van der Waals surface area (Å²) in [7, 11) is 0. The Kier molecular flexibility index (Phi) is 5.86. The van der Waals surface area contributed by atoms with E-state index in [0.29, 0.717) is 16.9 Å². The number of ether oxygens (including phenoxy) is 1. The van der Waals surface area contributed by atoms with Crippen LogP contribution >= 0.6 is 0 Å². The van der Waals surface area contributed by atoms with Gasteiger partial charge in [-0.05, 0) is 61.4 Å². The summed E-state index contributed by atoms with van der Waals surface area (Å²) in [6.45, 7) is 1.55. The molecule has 5 rings (SSSR count). The number of rotatable bonds is 4. The maximum absolute atomic E-state index is 12.2. The number of fused-ring (bicyclic) bond motifs is 2. The van der Waals surface area contributed by atoms with Crippen molar-refractivity contribution < 1.29 is 9.53 Å². The van der Waals surface area contributed by atoms with Crippen LogP contribution in [0.3, 0.4) is 0 Å². The van der Waals surface area contributed by atoms with Crippen LogP contribution in [0.1, 0.15) is 24.1 Å². The molecular weight excluding hydrogens is 418 g/mol. The third-order valence-electron chi connectivity index (χ3n) is 5.74. The number of nitrogens with one attached hydrogen (secondary N) is 4. The lowest BCUT2D eigenvalue weighted by Gasteiger charge is -2.34. The van der Waals surface area contributed by atoms with Crippen molar-refractivity contribution in [3.63, 3.8) is 0 Å². The summed E-state index contributed by atoms with van der Waals surface area (Å²) in [4.78, 5) is 26.3. The highest BCUT2D eigenvalue weighted by Gasteiger charge is 2.35. The Labute approximate surface area is 191 Å². The number of amidine groups is 2. The van der Waals surface area contributed by atoms with Gasteiger partial charge in [0.2, 0.25) is 0 Å². The van der Waals surface area contributed by atoms with Crippen molar-refractivity contribution in [3.05, 3.63) is 78.4 Å². The fourth-order valence-electron chi connectivity index (χ4n) is 4.17. The quantitative estimate of drug-likeness (QED) is 0.363. The number of carbonyl (C=O) groups excluding carboxylic acids is 1. The molecule has 2 fully saturated rings. The summed E-state index contributed by atoms with van der Waals surface area (Å²) < 4.78 is 5.96. The number of nitrogens with zero attached hydrogens (tertiary/aromatic N) is 3. The molecule has 0 radical (unpaired) electrons. The van der Waals surface area contributed by atoms with E-state index in [1.807, 2.05) is 18.3 Å². The zero-order valence-electron chi connectivity index (χ0n) is 18.0. The molecule has 1 aromatic carbocycles. The standard InChI is InChI=1S/C24H25N7O2/c25-22(16-5-7-17(8-6-16)28-24(32)29-18-3-1-11-26-13-18)30-23(21-4-2-12-27-21)31-14-19-9-10-20(15-31)33-19/h1-8,11-13,19-20,25,27H,9-10,14-15H2,(H2,28,29,32)/t19-,20+. The van der Waals surface area contributed by atoms with Gasteiger partial charge in [0.1, 0.15) is 0 Å². The molecule has 2 aromatic heterocycles. The highest BCUT2D eigenvalue weighted by molar-refractivity contribution is 6.10. The van der Waals surface area contributed by atoms with Crippen molar-refractivity contribution in [2.45, 2.75) is 25.0 Å². The van der Waals surface area contributed by atoms with Crippen LogP contribution in [-0.2, 0) is 4.74 Å². The molecule has 2 aliphatic heterocycles. The van der Waals surface area contributed by atoms with Crippen molar-refractivity contribution in [2.75, 3.05) is 23.7 Å². The van der Waals surface area contributed by atoms with E-state index in [1.165, 1.54) is 0 Å². The van der Waals surface area contributed by atoms with E-state index < -0.39 is 0 Å². The normalized spacial score (nSPS) is 19.9. The molecular formula is C24H25N7O2. The number of aromatic nitrogens is 2. The molecule has 2 atom stereocenters. The molecule has 2 aliphatic rings. The maximum atomic E-state index is 12.2. The molecule has 3 aromatic rings. The molecule has 4 heterocycles. The first-order valence-electron chi connectivity index (χ1n) is 10.9. The third-order valence-corrected chi connectivity index (χ3v) is 5.74. The first kappa shape index (κ1) is 20.9. The van der Waals surface area contributed by atoms with Gasteiger partial charge in [-0.25, -0.2) is 9.79 Å². The summed E-state index contributed by atoms with van der Waals surface area (Å²) in [6.07, 6.45) is 7.66. The second-order valence-electron chi connectivity index (χ2n) is 8.13. The molecule has 0 saturated carbocycles. The number of urea groups is 1. The lowest BCUT2D eigenvalue weighted by atomic mass is 10.2. The van der Waals surface area contributed by atoms with Gasteiger partial charge in [-0.2, -0.15) is 0 Å². The minimum absolute atomic E-state index is 0.157. The Hall–Kier alpha value is -3.98. The van der Waals surface area contributed by atoms with Gasteiger partial charge >= 0.3 is 6.03 Å². The first-order valence-corrected chi connectivity index (χ1v) is 10.9. The summed E-state index contributed by atoms with van der Waals surface area (Å²) in [5, 5.41) is 14.1. The minimum Gasteiger partial charge on any atom is -0.371 e. The molecule has 9 nitrogen and oxygen atoms in total. The molecule has 9 heteroatoms. The smallest absolute Gasteiger partial charge is 0.323 e. The number of anilines is 2. The summed E-state index contributed by atoms with van der Waals surface area (Å²) in [5.74, 6) is 0.910. The number of carbonyl (C=O) groups is 1. The van der Waals surface area contributed by atoms with E-state index in [9.17, 15) is 4.79 Å². The second-order valence-corrected chi connectivity index (χ2v) is 8.13. The Morgan fingerprint density at radius 2 is 1.82 bits per heavy atom. The van der Waals surface area contributed by atoms with Gasteiger partial charge < -0.3 is 25.3 Å². The highest BCUT2D eigenvalue weighted by atomic mass is 16.5. The number of hydrogen-bond acceptors (Lipinski definition) is 4. The van der Waals surface area contributed by atoms with Gasteiger partial charge in [0.15, 0.2) is 11.7 Å². The number of pyridine rings is 1. The average Bonchev–Trinajstić information content (AvgIpc) is 3.48. The predicted octanol–water partition coefficient (Wildman–Crippen LogP) is 3.69. The highest BCUT2D eigenvalue weighted by Crippen LogP contribution is 2.27. The molecule has 0 aliphatic carbocycles. The van der Waals surface area contributed by atoms with Crippen molar-refractivity contribution in [3.8, 4) is 0 Å². The van der Waals surface area contributed by atoms with E-state index in [1.54, 1.807) is 48.8 Å². The molecule has 168 valence electrons. The number of H-pyrrole nitrogens is 1. The lowest BCUT2D eigenvalue weighted by molar-refractivity contribution is -0.0155. The van der Waals surface area contributed by atoms with Crippen LogP contribution in [-0.4, -0.2) is 57.9 Å². The largest absolute Gasteiger partial charge is 0.371 e. The number of morpholine rings is 1. The van der Waals surface area contributed by atoms with Crippen LogP contribution in [0.4, 0.5) is 16.2 Å². The topological polar surface area (TPSA) is 118 Å². The van der Waals surface area contributed by atoms with Gasteiger partial charge in [-0.1, -0.05) is 0 Å². The third kappa shape index (κ3) is 4.93. The molecule has 2 amide bonds. The molecule has 0 unspecified atom stereocenters. The van der Waals surface area contributed by atoms with Gasteiger partial charge in [-0.3, -0.25) is 10.4 Å². The molecule has 33 heavy (non-hydrogen) atoms. The van der Waals surface area contributed by atoms with Crippen LogP contribution in [0.2, 0.25) is 0 Å². The van der Waals surface area contributed by atoms with Crippen LogP contribution in [0, 0.1) is 5.41 Å². The number of likely N-dealkylation sites (tertiary alicyclic amines) is 1. The minimum atomic E-state index is -0.361. The van der Waals surface area contributed by atoms with E-state index >= 15 is 0 Å². The van der Waals surface area contributed by atoms with Gasteiger partial charge in [0.25, 0.3) is 0 Å².